The van der Waals surface area contributed by atoms with Gasteiger partial charge in [0.05, 0.1) is 12.6 Å². The Hall–Kier alpha value is -1.72. The molecule has 2 heterocycles. The molecule has 0 aliphatic carbocycles. The first-order valence-electron chi connectivity index (χ1n) is 7.48. The highest BCUT2D eigenvalue weighted by Crippen LogP contribution is 2.32. The van der Waals surface area contributed by atoms with E-state index in [2.05, 4.69) is 16.9 Å². The molecule has 2 N–H and O–H groups in total. The van der Waals surface area contributed by atoms with Crippen LogP contribution in [0.4, 0.5) is 11.6 Å². The summed E-state index contributed by atoms with van der Waals surface area (Å²) in [5.74, 6) is 1.20. The van der Waals surface area contributed by atoms with E-state index in [4.69, 9.17) is 10.5 Å². The van der Waals surface area contributed by atoms with Crippen molar-refractivity contribution >= 4 is 17.6 Å². The van der Waals surface area contributed by atoms with Gasteiger partial charge in [0.15, 0.2) is 5.82 Å². The van der Waals surface area contributed by atoms with Crippen LogP contribution in [0.15, 0.2) is 0 Å². The molecule has 6 heteroatoms. The van der Waals surface area contributed by atoms with Crippen LogP contribution in [0.3, 0.4) is 0 Å². The zero-order chi connectivity index (χ0) is 15.8. The van der Waals surface area contributed by atoms with E-state index < -0.39 is 5.97 Å². The number of aromatic nitrogens is 2. The average molecular weight is 294 g/mol. The molecule has 1 unspecified atom stereocenters. The highest BCUT2D eigenvalue weighted by atomic mass is 16.5. The molecule has 21 heavy (non-hydrogen) atoms. The number of ether oxygens (including phenoxy) is 1. The number of nitrogen functional groups attached to an aromatic ring is 1. The molecule has 6 nitrogen and oxygen atoms in total. The molecular weight excluding hydrogens is 268 g/mol. The number of piperidine rings is 1. The summed E-state index contributed by atoms with van der Waals surface area (Å²) in [6.45, 7) is 10.0. The molecule has 1 aliphatic rings. The van der Waals surface area contributed by atoms with Gasteiger partial charge in [0.2, 0.25) is 0 Å². The van der Waals surface area contributed by atoms with E-state index >= 15 is 0 Å². The van der Waals surface area contributed by atoms with Gasteiger partial charge >= 0.3 is 5.97 Å². The van der Waals surface area contributed by atoms with Gasteiger partial charge in [0.25, 0.3) is 0 Å². The largest absolute Gasteiger partial charge is 0.465 e. The molecule has 1 aliphatic heterocycles. The Balaban J connectivity index is 2.50. The average Bonchev–Trinajstić information content (AvgIpc) is 2.75. The van der Waals surface area contributed by atoms with E-state index in [-0.39, 0.29) is 5.54 Å². The first kappa shape index (κ1) is 15.7. The minimum Gasteiger partial charge on any atom is -0.465 e. The van der Waals surface area contributed by atoms with Crippen molar-refractivity contribution in [3.8, 4) is 0 Å². The number of nitrogens with zero attached hydrogens (tertiary/aromatic N) is 3. The van der Waals surface area contributed by atoms with Gasteiger partial charge in [-0.15, -0.1) is 0 Å². The van der Waals surface area contributed by atoms with Crippen molar-refractivity contribution in [2.24, 2.45) is 5.92 Å². The third-order valence-electron chi connectivity index (χ3n) is 3.88. The maximum absolute atomic E-state index is 12.1. The van der Waals surface area contributed by atoms with E-state index in [1.807, 2.05) is 20.8 Å². The van der Waals surface area contributed by atoms with E-state index in [9.17, 15) is 4.79 Å². The standard InChI is InChI=1S/C15H26N4O2/c1-10-7-6-8-18(9-10)13-11(14(20)21-5)12(16)19(17-13)15(2,3)4/h10H,6-9,16H2,1-5H3. The lowest BCUT2D eigenvalue weighted by Crippen LogP contribution is -2.35. The Labute approximate surface area is 126 Å². The van der Waals surface area contributed by atoms with Gasteiger partial charge in [-0.3, -0.25) is 0 Å². The molecule has 0 spiro atoms. The summed E-state index contributed by atoms with van der Waals surface area (Å²) < 4.78 is 6.62. The van der Waals surface area contributed by atoms with Crippen LogP contribution >= 0.6 is 0 Å². The lowest BCUT2D eigenvalue weighted by atomic mass is 10.00. The van der Waals surface area contributed by atoms with Crippen LogP contribution in [0, 0.1) is 5.92 Å². The van der Waals surface area contributed by atoms with Crippen LogP contribution < -0.4 is 10.6 Å². The van der Waals surface area contributed by atoms with Gasteiger partial charge in [-0.05, 0) is 39.5 Å². The van der Waals surface area contributed by atoms with Crippen LogP contribution in [0.2, 0.25) is 0 Å². The summed E-state index contributed by atoms with van der Waals surface area (Å²) >= 11 is 0. The number of anilines is 2. The zero-order valence-electron chi connectivity index (χ0n) is 13.6. The number of hydrogen-bond acceptors (Lipinski definition) is 5. The van der Waals surface area contributed by atoms with E-state index in [1.54, 1.807) is 4.68 Å². The van der Waals surface area contributed by atoms with Gasteiger partial charge in [-0.2, -0.15) is 5.10 Å². The number of rotatable bonds is 2. The third kappa shape index (κ3) is 2.99. The normalized spacial score (nSPS) is 19.7. The van der Waals surface area contributed by atoms with Crippen molar-refractivity contribution in [3.63, 3.8) is 0 Å². The highest BCUT2D eigenvalue weighted by molar-refractivity contribution is 5.99. The summed E-state index contributed by atoms with van der Waals surface area (Å²) in [6, 6.07) is 0. The first-order chi connectivity index (χ1) is 9.75. The second kappa shape index (κ2) is 5.58. The van der Waals surface area contributed by atoms with Crippen LogP contribution in [0.1, 0.15) is 50.9 Å². The first-order valence-corrected chi connectivity index (χ1v) is 7.48. The number of nitrogens with two attached hydrogens (primary N) is 1. The highest BCUT2D eigenvalue weighted by Gasteiger charge is 2.31. The van der Waals surface area contributed by atoms with E-state index in [0.29, 0.717) is 23.1 Å². The van der Waals surface area contributed by atoms with Crippen molar-refractivity contribution < 1.29 is 9.53 Å². The number of methoxy groups -OCH3 is 1. The summed E-state index contributed by atoms with van der Waals surface area (Å²) in [5.41, 5.74) is 6.29. The SMILES string of the molecule is COC(=O)c1c(N2CCCC(C)C2)nn(C(C)(C)C)c1N. The van der Waals surface area contributed by atoms with Crippen molar-refractivity contribution in [2.45, 2.75) is 46.1 Å². The monoisotopic (exact) mass is 294 g/mol. The lowest BCUT2D eigenvalue weighted by Gasteiger charge is -2.31. The van der Waals surface area contributed by atoms with Gasteiger partial charge in [-0.25, -0.2) is 9.48 Å². The molecule has 2 rings (SSSR count). The predicted molar refractivity (Wildman–Crippen MR) is 83.6 cm³/mol. The number of carbonyl (C=O) groups excluding carboxylic acids is 1. The van der Waals surface area contributed by atoms with Crippen LogP contribution in [-0.2, 0) is 10.3 Å². The second-order valence-electron chi connectivity index (χ2n) is 6.85. The van der Waals surface area contributed by atoms with Crippen LogP contribution in [0.5, 0.6) is 0 Å². The summed E-state index contributed by atoms with van der Waals surface area (Å²) in [5, 5.41) is 4.62. The molecule has 0 amide bonds. The fourth-order valence-corrected chi connectivity index (χ4v) is 2.83. The second-order valence-corrected chi connectivity index (χ2v) is 6.85. The Morgan fingerprint density at radius 2 is 2.10 bits per heavy atom. The maximum atomic E-state index is 12.1. The van der Waals surface area contributed by atoms with Crippen LogP contribution in [0.25, 0.3) is 0 Å². The number of carbonyl (C=O) groups is 1. The fourth-order valence-electron chi connectivity index (χ4n) is 2.83. The molecular formula is C15H26N4O2. The van der Waals surface area contributed by atoms with Gasteiger partial charge in [0, 0.05) is 13.1 Å². The predicted octanol–water partition coefficient (Wildman–Crippen LogP) is 2.24. The number of hydrogen-bond donors (Lipinski definition) is 1. The minimum atomic E-state index is -0.420. The topological polar surface area (TPSA) is 73.4 Å². The zero-order valence-corrected chi connectivity index (χ0v) is 13.6. The van der Waals surface area contributed by atoms with Gasteiger partial charge < -0.3 is 15.4 Å². The number of esters is 1. The van der Waals surface area contributed by atoms with Crippen molar-refractivity contribution in [1.29, 1.82) is 0 Å². The fraction of sp³-hybridized carbons (Fsp3) is 0.733. The Kier molecular flexibility index (Phi) is 4.16. The summed E-state index contributed by atoms with van der Waals surface area (Å²) in [7, 11) is 1.37. The Morgan fingerprint density at radius 1 is 1.43 bits per heavy atom. The van der Waals surface area contributed by atoms with Crippen molar-refractivity contribution in [3.05, 3.63) is 5.56 Å². The molecule has 0 radical (unpaired) electrons. The molecule has 1 atom stereocenters. The lowest BCUT2D eigenvalue weighted by molar-refractivity contribution is 0.0602. The molecule has 1 aromatic rings. The summed E-state index contributed by atoms with van der Waals surface area (Å²) in [6.07, 6.45) is 2.31. The Bertz CT molecular complexity index is 531. The molecule has 118 valence electrons. The molecule has 1 fully saturated rings. The van der Waals surface area contributed by atoms with Crippen molar-refractivity contribution in [2.75, 3.05) is 30.8 Å². The van der Waals surface area contributed by atoms with Gasteiger partial charge in [-0.1, -0.05) is 6.92 Å². The quantitative estimate of drug-likeness (QED) is 0.847. The van der Waals surface area contributed by atoms with E-state index in [1.165, 1.54) is 13.5 Å². The van der Waals surface area contributed by atoms with Crippen molar-refractivity contribution in [1.82, 2.24) is 9.78 Å². The Morgan fingerprint density at radius 3 is 2.62 bits per heavy atom. The molecule has 0 bridgehead atoms. The maximum Gasteiger partial charge on any atom is 0.345 e. The van der Waals surface area contributed by atoms with Gasteiger partial charge in [0.1, 0.15) is 11.4 Å². The molecule has 1 aromatic heterocycles. The minimum absolute atomic E-state index is 0.285. The summed E-state index contributed by atoms with van der Waals surface area (Å²) in [4.78, 5) is 14.3. The molecule has 0 aromatic carbocycles. The molecule has 0 saturated carbocycles. The van der Waals surface area contributed by atoms with Crippen LogP contribution in [-0.4, -0.2) is 35.9 Å². The third-order valence-corrected chi connectivity index (χ3v) is 3.88. The van der Waals surface area contributed by atoms with E-state index in [0.717, 1.165) is 19.5 Å². The molecule has 1 saturated heterocycles. The smallest absolute Gasteiger partial charge is 0.345 e.